The summed E-state index contributed by atoms with van der Waals surface area (Å²) in [5, 5.41) is 0.922. The van der Waals surface area contributed by atoms with Gasteiger partial charge in [0.1, 0.15) is 5.52 Å². The van der Waals surface area contributed by atoms with Gasteiger partial charge in [-0.3, -0.25) is 0 Å². The Labute approximate surface area is 122 Å². The zero-order valence-corrected chi connectivity index (χ0v) is 12.1. The number of hydrogen-bond acceptors (Lipinski definition) is 5. The number of aromatic amines is 1. The van der Waals surface area contributed by atoms with Crippen LogP contribution in [0.15, 0.2) is 28.9 Å². The molecule has 0 aliphatic rings. The molecule has 0 amide bonds. The van der Waals surface area contributed by atoms with Crippen LogP contribution in [-0.4, -0.2) is 27.7 Å². The summed E-state index contributed by atoms with van der Waals surface area (Å²) in [4.78, 5) is 22.7. The molecular weight excluding hydrogens is 326 g/mol. The number of H-pyrrole nitrogens is 1. The molecule has 3 aromatic rings. The van der Waals surface area contributed by atoms with Crippen LogP contribution in [0.3, 0.4) is 0 Å². The van der Waals surface area contributed by atoms with E-state index < -0.39 is 6.16 Å². The van der Waals surface area contributed by atoms with Crippen molar-refractivity contribution in [3.63, 3.8) is 0 Å². The fourth-order valence-electron chi connectivity index (χ4n) is 1.90. The fourth-order valence-corrected chi connectivity index (χ4v) is 2.26. The third-order valence-electron chi connectivity index (χ3n) is 2.71. The molecule has 0 aliphatic carbocycles. The summed E-state index contributed by atoms with van der Waals surface area (Å²) in [6.45, 7) is 1.93. The lowest BCUT2D eigenvalue weighted by Gasteiger charge is -2.01. The van der Waals surface area contributed by atoms with Gasteiger partial charge in [0.2, 0.25) is 0 Å². The number of ether oxygens (including phenoxy) is 2. The van der Waals surface area contributed by atoms with Gasteiger partial charge in [-0.25, -0.2) is 9.78 Å². The van der Waals surface area contributed by atoms with Crippen molar-refractivity contribution >= 4 is 44.0 Å². The number of rotatable bonds is 2. The van der Waals surface area contributed by atoms with Crippen LogP contribution < -0.4 is 4.74 Å². The summed E-state index contributed by atoms with van der Waals surface area (Å²) in [5.41, 5.74) is 2.40. The van der Waals surface area contributed by atoms with E-state index in [0.717, 1.165) is 20.9 Å². The molecule has 7 heteroatoms. The Kier molecular flexibility index (Phi) is 3.27. The highest BCUT2D eigenvalue weighted by Gasteiger charge is 2.12. The Balaban J connectivity index is 2.07. The summed E-state index contributed by atoms with van der Waals surface area (Å²) < 4.78 is 10.5. The van der Waals surface area contributed by atoms with Crippen LogP contribution in [0.2, 0.25) is 0 Å². The SMILES string of the molecule is CCOC(=O)Oc1ncc2[nH]c3ccc(Br)cc3c2n1. The standard InChI is InChI=1S/C13H10BrN3O3/c1-2-19-13(18)20-12-15-6-10-11(17-12)8-5-7(14)3-4-9(8)16-10/h3-6,16H,2H2,1H3. The number of carbonyl (C=O) groups excluding carboxylic acids is 1. The predicted molar refractivity (Wildman–Crippen MR) is 76.7 cm³/mol. The van der Waals surface area contributed by atoms with Crippen LogP contribution >= 0.6 is 15.9 Å². The van der Waals surface area contributed by atoms with Crippen LogP contribution in [0.1, 0.15) is 6.92 Å². The first-order valence-corrected chi connectivity index (χ1v) is 6.75. The normalized spacial score (nSPS) is 10.9. The van der Waals surface area contributed by atoms with E-state index in [1.54, 1.807) is 13.1 Å². The van der Waals surface area contributed by atoms with Crippen molar-refractivity contribution in [3.05, 3.63) is 28.9 Å². The van der Waals surface area contributed by atoms with Gasteiger partial charge in [-0.2, -0.15) is 4.98 Å². The molecule has 102 valence electrons. The summed E-state index contributed by atoms with van der Waals surface area (Å²) in [5.74, 6) is 0. The average Bonchev–Trinajstić information content (AvgIpc) is 2.76. The van der Waals surface area contributed by atoms with Gasteiger partial charge in [-0.15, -0.1) is 0 Å². The first kappa shape index (κ1) is 12.9. The van der Waals surface area contributed by atoms with Gasteiger partial charge in [0, 0.05) is 15.4 Å². The molecule has 0 radical (unpaired) electrons. The Morgan fingerprint density at radius 2 is 2.25 bits per heavy atom. The average molecular weight is 336 g/mol. The Bertz CT molecular complexity index is 800. The highest BCUT2D eigenvalue weighted by molar-refractivity contribution is 9.10. The number of hydrogen-bond donors (Lipinski definition) is 1. The van der Waals surface area contributed by atoms with Crippen LogP contribution in [0.5, 0.6) is 6.01 Å². The number of fused-ring (bicyclic) bond motifs is 3. The maximum absolute atomic E-state index is 11.3. The van der Waals surface area contributed by atoms with Gasteiger partial charge in [0.15, 0.2) is 0 Å². The maximum Gasteiger partial charge on any atom is 0.516 e. The van der Waals surface area contributed by atoms with E-state index in [9.17, 15) is 4.79 Å². The van der Waals surface area contributed by atoms with Crippen molar-refractivity contribution in [3.8, 4) is 6.01 Å². The predicted octanol–water partition coefficient (Wildman–Crippen LogP) is 3.41. The Morgan fingerprint density at radius 3 is 3.05 bits per heavy atom. The largest absolute Gasteiger partial charge is 0.516 e. The molecule has 0 aliphatic heterocycles. The molecule has 0 bridgehead atoms. The molecule has 3 rings (SSSR count). The quantitative estimate of drug-likeness (QED) is 0.726. The molecule has 1 aromatic carbocycles. The Morgan fingerprint density at radius 1 is 1.40 bits per heavy atom. The van der Waals surface area contributed by atoms with E-state index in [1.165, 1.54) is 0 Å². The molecule has 0 atom stereocenters. The minimum Gasteiger partial charge on any atom is -0.434 e. The van der Waals surface area contributed by atoms with Crippen molar-refractivity contribution in [1.82, 2.24) is 15.0 Å². The minimum absolute atomic E-state index is 0.0307. The summed E-state index contributed by atoms with van der Waals surface area (Å²) >= 11 is 3.42. The van der Waals surface area contributed by atoms with Gasteiger partial charge >= 0.3 is 12.2 Å². The monoisotopic (exact) mass is 335 g/mol. The number of nitrogens with zero attached hydrogens (tertiary/aromatic N) is 2. The number of benzene rings is 1. The molecule has 1 N–H and O–H groups in total. The van der Waals surface area contributed by atoms with Gasteiger partial charge in [0.05, 0.1) is 18.3 Å². The van der Waals surface area contributed by atoms with E-state index >= 15 is 0 Å². The van der Waals surface area contributed by atoms with E-state index in [4.69, 9.17) is 4.74 Å². The molecule has 2 heterocycles. The molecule has 0 saturated carbocycles. The first-order chi connectivity index (χ1) is 9.67. The highest BCUT2D eigenvalue weighted by Crippen LogP contribution is 2.27. The molecule has 20 heavy (non-hydrogen) atoms. The number of carbonyl (C=O) groups is 1. The molecule has 0 unspecified atom stereocenters. The van der Waals surface area contributed by atoms with Crippen LogP contribution in [-0.2, 0) is 4.74 Å². The van der Waals surface area contributed by atoms with Gasteiger partial charge in [-0.1, -0.05) is 15.9 Å². The molecule has 0 saturated heterocycles. The van der Waals surface area contributed by atoms with E-state index in [0.29, 0.717) is 5.52 Å². The van der Waals surface area contributed by atoms with E-state index in [2.05, 4.69) is 35.6 Å². The number of nitrogens with one attached hydrogen (secondary N) is 1. The van der Waals surface area contributed by atoms with Crippen LogP contribution in [0.4, 0.5) is 4.79 Å². The van der Waals surface area contributed by atoms with Crippen molar-refractivity contribution in [1.29, 1.82) is 0 Å². The number of aromatic nitrogens is 3. The van der Waals surface area contributed by atoms with E-state index in [1.807, 2.05) is 18.2 Å². The molecule has 6 nitrogen and oxygen atoms in total. The van der Waals surface area contributed by atoms with E-state index in [-0.39, 0.29) is 12.6 Å². The summed E-state index contributed by atoms with van der Waals surface area (Å²) in [7, 11) is 0. The van der Waals surface area contributed by atoms with Crippen molar-refractivity contribution in [2.24, 2.45) is 0 Å². The van der Waals surface area contributed by atoms with Gasteiger partial charge in [-0.05, 0) is 25.1 Å². The second-order valence-electron chi connectivity index (χ2n) is 4.01. The lowest BCUT2D eigenvalue weighted by molar-refractivity contribution is 0.101. The second kappa shape index (κ2) is 5.09. The summed E-state index contributed by atoms with van der Waals surface area (Å²) in [6.07, 6.45) is 0.762. The third-order valence-corrected chi connectivity index (χ3v) is 3.20. The van der Waals surface area contributed by atoms with Gasteiger partial charge in [0.25, 0.3) is 0 Å². The molecule has 0 spiro atoms. The molecule has 0 fully saturated rings. The lowest BCUT2D eigenvalue weighted by Crippen LogP contribution is -2.11. The zero-order valence-electron chi connectivity index (χ0n) is 10.5. The number of halogens is 1. The van der Waals surface area contributed by atoms with Crippen LogP contribution in [0, 0.1) is 0 Å². The maximum atomic E-state index is 11.3. The van der Waals surface area contributed by atoms with Crippen molar-refractivity contribution < 1.29 is 14.3 Å². The smallest absolute Gasteiger partial charge is 0.434 e. The molecular formula is C13H10BrN3O3. The molecule has 2 aromatic heterocycles. The summed E-state index contributed by atoms with van der Waals surface area (Å²) in [6, 6.07) is 5.78. The highest BCUT2D eigenvalue weighted by atomic mass is 79.9. The minimum atomic E-state index is -0.812. The topological polar surface area (TPSA) is 77.1 Å². The first-order valence-electron chi connectivity index (χ1n) is 5.96. The zero-order chi connectivity index (χ0) is 14.1. The van der Waals surface area contributed by atoms with Gasteiger partial charge < -0.3 is 14.5 Å². The fraction of sp³-hybridized carbons (Fsp3) is 0.154. The Hall–Kier alpha value is -2.15. The van der Waals surface area contributed by atoms with Crippen LogP contribution in [0.25, 0.3) is 21.9 Å². The van der Waals surface area contributed by atoms with Crippen molar-refractivity contribution in [2.75, 3.05) is 6.61 Å². The third kappa shape index (κ3) is 2.32. The lowest BCUT2D eigenvalue weighted by atomic mass is 10.2. The second-order valence-corrected chi connectivity index (χ2v) is 4.93. The van der Waals surface area contributed by atoms with Crippen molar-refractivity contribution in [2.45, 2.75) is 6.92 Å².